The average Bonchev–Trinajstić information content (AvgIpc) is 2.73. The molecule has 0 aliphatic heterocycles. The summed E-state index contributed by atoms with van der Waals surface area (Å²) in [5, 5.41) is 0. The van der Waals surface area contributed by atoms with Crippen LogP contribution in [-0.4, -0.2) is 21.0 Å². The van der Waals surface area contributed by atoms with E-state index in [4.69, 9.17) is 4.74 Å². The van der Waals surface area contributed by atoms with E-state index in [-0.39, 0.29) is 5.94 Å². The molecule has 1 aliphatic carbocycles. The highest BCUT2D eigenvalue weighted by Gasteiger charge is 2.13. The molecule has 4 heteroatoms. The van der Waals surface area contributed by atoms with Crippen LogP contribution in [0.2, 0.25) is 0 Å². The molecule has 0 saturated heterocycles. The molecule has 0 unspecified atom stereocenters. The second kappa shape index (κ2) is 7.06. The number of rotatable bonds is 6. The summed E-state index contributed by atoms with van der Waals surface area (Å²) < 4.78 is 29.2. The number of ether oxygens (including phenoxy) is 1. The van der Waals surface area contributed by atoms with Gasteiger partial charge in [-0.1, -0.05) is 36.4 Å². The lowest BCUT2D eigenvalue weighted by Gasteiger charge is -2.06. The van der Waals surface area contributed by atoms with Gasteiger partial charge in [0.05, 0.1) is 11.5 Å². The highest BCUT2D eigenvalue weighted by Crippen LogP contribution is 2.11. The van der Waals surface area contributed by atoms with E-state index in [0.29, 0.717) is 17.9 Å². The fourth-order valence-electron chi connectivity index (χ4n) is 1.71. The Kier molecular flexibility index (Phi) is 5.13. The molecule has 0 radical (unpaired) electrons. The summed E-state index contributed by atoms with van der Waals surface area (Å²) in [5.41, 5.74) is 4.05. The Balaban J connectivity index is 1.82. The number of allylic oxidation sites excluding steroid dienone is 4. The Bertz CT molecular complexity index is 661. The molecule has 1 aliphatic rings. The smallest absolute Gasteiger partial charge is 0.202 e. The molecule has 1 aromatic rings. The summed E-state index contributed by atoms with van der Waals surface area (Å²) in [5.74, 6) is -0.290. The lowest BCUT2D eigenvalue weighted by atomic mass is 10.2. The van der Waals surface area contributed by atoms with E-state index >= 15 is 0 Å². The third-order valence-electron chi connectivity index (χ3n) is 2.77. The van der Waals surface area contributed by atoms with Crippen LogP contribution in [0, 0.1) is 0 Å². The SMILES string of the molecule is O=S(=O)(COCCC1=CC=C=CC=C1)c1ccccc1. The van der Waals surface area contributed by atoms with Crippen molar-refractivity contribution >= 4 is 9.84 Å². The zero-order chi connectivity index (χ0) is 14.3. The first-order chi connectivity index (χ1) is 9.68. The van der Waals surface area contributed by atoms with Gasteiger partial charge in [-0.25, -0.2) is 8.42 Å². The molecule has 1 aromatic carbocycles. The second-order valence-corrected chi connectivity index (χ2v) is 6.24. The van der Waals surface area contributed by atoms with Gasteiger partial charge in [0.2, 0.25) is 9.84 Å². The second-order valence-electron chi connectivity index (χ2n) is 4.30. The van der Waals surface area contributed by atoms with Gasteiger partial charge in [-0.15, -0.1) is 5.73 Å². The Morgan fingerprint density at radius 1 is 1.10 bits per heavy atom. The molecule has 2 rings (SSSR count). The van der Waals surface area contributed by atoms with E-state index < -0.39 is 9.84 Å². The molecule has 0 heterocycles. The van der Waals surface area contributed by atoms with Crippen molar-refractivity contribution in [3.63, 3.8) is 0 Å². The highest BCUT2D eigenvalue weighted by molar-refractivity contribution is 7.91. The number of sulfone groups is 1. The molecule has 3 nitrogen and oxygen atoms in total. The van der Waals surface area contributed by atoms with Gasteiger partial charge in [0.25, 0.3) is 0 Å². The zero-order valence-electron chi connectivity index (χ0n) is 11.0. The van der Waals surface area contributed by atoms with Crippen LogP contribution >= 0.6 is 0 Å². The summed E-state index contributed by atoms with van der Waals surface area (Å²) in [7, 11) is -3.36. The maximum absolute atomic E-state index is 12.0. The van der Waals surface area contributed by atoms with Crippen molar-refractivity contribution in [1.29, 1.82) is 0 Å². The average molecular weight is 288 g/mol. The van der Waals surface area contributed by atoms with Crippen molar-refractivity contribution in [2.45, 2.75) is 11.3 Å². The molecule has 20 heavy (non-hydrogen) atoms. The van der Waals surface area contributed by atoms with Crippen LogP contribution in [0.4, 0.5) is 0 Å². The predicted octanol–water partition coefficient (Wildman–Crippen LogP) is 3.03. The lowest BCUT2D eigenvalue weighted by molar-refractivity contribution is 0.180. The summed E-state index contributed by atoms with van der Waals surface area (Å²) in [6.45, 7) is 0.371. The Morgan fingerprint density at radius 2 is 1.90 bits per heavy atom. The number of benzene rings is 1. The van der Waals surface area contributed by atoms with Crippen molar-refractivity contribution in [2.24, 2.45) is 0 Å². The van der Waals surface area contributed by atoms with Crippen molar-refractivity contribution in [1.82, 2.24) is 0 Å². The molecule has 0 spiro atoms. The zero-order valence-corrected chi connectivity index (χ0v) is 11.8. The molecule has 0 N–H and O–H groups in total. The van der Waals surface area contributed by atoms with E-state index in [1.165, 1.54) is 0 Å². The summed E-state index contributed by atoms with van der Waals surface area (Å²) >= 11 is 0. The molecule has 0 saturated carbocycles. The molecule has 0 bridgehead atoms. The van der Waals surface area contributed by atoms with Crippen LogP contribution in [0.25, 0.3) is 0 Å². The van der Waals surface area contributed by atoms with Gasteiger partial charge < -0.3 is 4.74 Å². The molecule has 0 aromatic heterocycles. The van der Waals surface area contributed by atoms with Gasteiger partial charge in [0, 0.05) is 0 Å². The largest absolute Gasteiger partial charge is 0.365 e. The van der Waals surface area contributed by atoms with Crippen LogP contribution in [0.1, 0.15) is 6.42 Å². The standard InChI is InChI=1S/C16H16O3S/c17-20(18,16-10-6-3-7-11-16)14-19-13-12-15-8-4-1-2-5-9-15/h1,3-11H,12-14H2. The quantitative estimate of drug-likeness (QED) is 0.597. The topological polar surface area (TPSA) is 43.4 Å². The lowest BCUT2D eigenvalue weighted by Crippen LogP contribution is -2.10. The third kappa shape index (κ3) is 4.35. The fraction of sp³-hybridized carbons (Fsp3) is 0.188. The first-order valence-corrected chi connectivity index (χ1v) is 7.97. The van der Waals surface area contributed by atoms with Crippen molar-refractivity contribution < 1.29 is 13.2 Å². The number of hydrogen-bond acceptors (Lipinski definition) is 3. The monoisotopic (exact) mass is 288 g/mol. The van der Waals surface area contributed by atoms with E-state index in [0.717, 1.165) is 5.57 Å². The van der Waals surface area contributed by atoms with Gasteiger partial charge in [0.15, 0.2) is 5.94 Å². The minimum Gasteiger partial charge on any atom is -0.365 e. The summed E-state index contributed by atoms with van der Waals surface area (Å²) in [6, 6.07) is 8.34. The molecular weight excluding hydrogens is 272 g/mol. The normalized spacial score (nSPS) is 14.1. The third-order valence-corrected chi connectivity index (χ3v) is 4.24. The minimum absolute atomic E-state index is 0.290. The molecular formula is C16H16O3S. The summed E-state index contributed by atoms with van der Waals surface area (Å²) in [4.78, 5) is 0.292. The minimum atomic E-state index is -3.36. The van der Waals surface area contributed by atoms with Gasteiger partial charge >= 0.3 is 0 Å². The van der Waals surface area contributed by atoms with E-state index in [1.54, 1.807) is 30.3 Å². The maximum atomic E-state index is 12.0. The van der Waals surface area contributed by atoms with Crippen molar-refractivity contribution in [3.8, 4) is 0 Å². The Labute approximate surface area is 119 Å². The van der Waals surface area contributed by atoms with Crippen LogP contribution < -0.4 is 0 Å². The van der Waals surface area contributed by atoms with E-state index in [1.807, 2.05) is 30.4 Å². The molecule has 0 amide bonds. The Morgan fingerprint density at radius 3 is 2.70 bits per heavy atom. The highest BCUT2D eigenvalue weighted by atomic mass is 32.2. The van der Waals surface area contributed by atoms with Gasteiger partial charge in [0.1, 0.15) is 0 Å². The first-order valence-electron chi connectivity index (χ1n) is 6.32. The predicted molar refractivity (Wildman–Crippen MR) is 78.9 cm³/mol. The van der Waals surface area contributed by atoms with Crippen LogP contribution in [0.5, 0.6) is 0 Å². The van der Waals surface area contributed by atoms with Crippen LogP contribution in [0.3, 0.4) is 0 Å². The molecule has 104 valence electrons. The number of hydrogen-bond donors (Lipinski definition) is 0. The van der Waals surface area contributed by atoms with Crippen molar-refractivity contribution in [3.05, 3.63) is 72.0 Å². The van der Waals surface area contributed by atoms with E-state index in [2.05, 4.69) is 5.73 Å². The fourth-order valence-corrected chi connectivity index (χ4v) is 2.76. The van der Waals surface area contributed by atoms with Gasteiger partial charge in [-0.05, 0) is 36.3 Å². The van der Waals surface area contributed by atoms with Crippen molar-refractivity contribution in [2.75, 3.05) is 12.5 Å². The van der Waals surface area contributed by atoms with Gasteiger partial charge in [-0.2, -0.15) is 0 Å². The maximum Gasteiger partial charge on any atom is 0.202 e. The van der Waals surface area contributed by atoms with Crippen LogP contribution in [0.15, 0.2) is 76.9 Å². The van der Waals surface area contributed by atoms with Gasteiger partial charge in [-0.3, -0.25) is 0 Å². The Hall–Kier alpha value is -1.87. The first kappa shape index (κ1) is 14.5. The molecule has 0 fully saturated rings. The summed E-state index contributed by atoms with van der Waals surface area (Å²) in [6.07, 6.45) is 10.1. The van der Waals surface area contributed by atoms with Crippen LogP contribution in [-0.2, 0) is 14.6 Å². The molecule has 0 atom stereocenters. The van der Waals surface area contributed by atoms with E-state index in [9.17, 15) is 8.42 Å².